The van der Waals surface area contributed by atoms with Crippen LogP contribution in [0.2, 0.25) is 0 Å². The standard InChI is InChI=1S/C12H11F3N4/c1-2-16-10-5-11(18-6-17-10)19-9-4-7(13)3-8(14)12(9)15/h3-6H,2H2,1H3,(H2,16,17,18,19). The summed E-state index contributed by atoms with van der Waals surface area (Å²) in [6.45, 7) is 2.54. The summed E-state index contributed by atoms with van der Waals surface area (Å²) in [7, 11) is 0. The fourth-order valence-corrected chi connectivity index (χ4v) is 1.49. The molecule has 0 saturated carbocycles. The summed E-state index contributed by atoms with van der Waals surface area (Å²) in [4.78, 5) is 7.77. The first-order valence-electron chi connectivity index (χ1n) is 5.57. The normalized spacial score (nSPS) is 10.3. The second kappa shape index (κ2) is 5.55. The molecular formula is C12H11F3N4. The molecule has 19 heavy (non-hydrogen) atoms. The van der Waals surface area contributed by atoms with Crippen molar-refractivity contribution in [3.63, 3.8) is 0 Å². The van der Waals surface area contributed by atoms with Gasteiger partial charge in [0.05, 0.1) is 5.69 Å². The van der Waals surface area contributed by atoms with Crippen LogP contribution >= 0.6 is 0 Å². The molecule has 0 aliphatic rings. The molecule has 4 nitrogen and oxygen atoms in total. The molecule has 2 aromatic rings. The van der Waals surface area contributed by atoms with Gasteiger partial charge in [0, 0.05) is 24.7 Å². The second-order valence-corrected chi connectivity index (χ2v) is 3.69. The van der Waals surface area contributed by atoms with E-state index in [0.29, 0.717) is 18.4 Å². The monoisotopic (exact) mass is 268 g/mol. The topological polar surface area (TPSA) is 49.8 Å². The largest absolute Gasteiger partial charge is 0.370 e. The van der Waals surface area contributed by atoms with E-state index in [1.807, 2.05) is 6.92 Å². The van der Waals surface area contributed by atoms with Gasteiger partial charge in [-0.2, -0.15) is 0 Å². The second-order valence-electron chi connectivity index (χ2n) is 3.69. The average Bonchev–Trinajstić information content (AvgIpc) is 2.36. The number of benzene rings is 1. The first-order valence-corrected chi connectivity index (χ1v) is 5.57. The van der Waals surface area contributed by atoms with Gasteiger partial charge in [0.2, 0.25) is 0 Å². The number of rotatable bonds is 4. The molecule has 0 aliphatic carbocycles. The predicted octanol–water partition coefficient (Wildman–Crippen LogP) is 3.07. The Balaban J connectivity index is 2.28. The van der Waals surface area contributed by atoms with Crippen LogP contribution in [-0.4, -0.2) is 16.5 Å². The molecule has 0 bridgehead atoms. The maximum absolute atomic E-state index is 13.5. The van der Waals surface area contributed by atoms with E-state index in [-0.39, 0.29) is 11.5 Å². The minimum atomic E-state index is -1.26. The van der Waals surface area contributed by atoms with Crippen molar-refractivity contribution in [1.82, 2.24) is 9.97 Å². The maximum Gasteiger partial charge on any atom is 0.182 e. The summed E-state index contributed by atoms with van der Waals surface area (Å²) in [6, 6.07) is 2.84. The van der Waals surface area contributed by atoms with Crippen LogP contribution in [0.4, 0.5) is 30.5 Å². The zero-order valence-corrected chi connectivity index (χ0v) is 10.0. The summed E-state index contributed by atoms with van der Waals surface area (Å²) in [6.07, 6.45) is 1.26. The lowest BCUT2D eigenvalue weighted by molar-refractivity contribution is 0.498. The third-order valence-corrected chi connectivity index (χ3v) is 2.28. The van der Waals surface area contributed by atoms with E-state index in [4.69, 9.17) is 0 Å². The van der Waals surface area contributed by atoms with E-state index in [0.717, 1.165) is 6.07 Å². The van der Waals surface area contributed by atoms with Crippen molar-refractivity contribution >= 4 is 17.3 Å². The Labute approximate surface area is 107 Å². The Bertz CT molecular complexity index is 589. The molecule has 7 heteroatoms. The summed E-state index contributed by atoms with van der Waals surface area (Å²) in [5.41, 5.74) is -0.321. The van der Waals surface area contributed by atoms with Crippen molar-refractivity contribution in [3.8, 4) is 0 Å². The zero-order chi connectivity index (χ0) is 13.8. The number of hydrogen-bond donors (Lipinski definition) is 2. The molecule has 0 spiro atoms. The van der Waals surface area contributed by atoms with Gasteiger partial charge in [0.1, 0.15) is 23.8 Å². The van der Waals surface area contributed by atoms with Gasteiger partial charge < -0.3 is 10.6 Å². The molecule has 0 unspecified atom stereocenters. The molecule has 0 radical (unpaired) electrons. The summed E-state index contributed by atoms with van der Waals surface area (Å²) in [5.74, 6) is -2.54. The van der Waals surface area contributed by atoms with Crippen LogP contribution in [0.1, 0.15) is 6.92 Å². The van der Waals surface area contributed by atoms with E-state index in [1.54, 1.807) is 0 Å². The highest BCUT2D eigenvalue weighted by Crippen LogP contribution is 2.22. The molecule has 0 atom stereocenters. The quantitative estimate of drug-likeness (QED) is 0.837. The van der Waals surface area contributed by atoms with E-state index < -0.39 is 17.5 Å². The Morgan fingerprint density at radius 3 is 2.53 bits per heavy atom. The van der Waals surface area contributed by atoms with Crippen molar-refractivity contribution in [2.24, 2.45) is 0 Å². The summed E-state index contributed by atoms with van der Waals surface area (Å²) >= 11 is 0. The maximum atomic E-state index is 13.5. The van der Waals surface area contributed by atoms with Gasteiger partial charge in [0.25, 0.3) is 0 Å². The molecule has 2 N–H and O–H groups in total. The van der Waals surface area contributed by atoms with Gasteiger partial charge in [-0.1, -0.05) is 0 Å². The van der Waals surface area contributed by atoms with Gasteiger partial charge in [-0.3, -0.25) is 0 Å². The number of halogens is 3. The van der Waals surface area contributed by atoms with Gasteiger partial charge in [-0.05, 0) is 6.92 Å². The molecule has 0 amide bonds. The lowest BCUT2D eigenvalue weighted by Gasteiger charge is -2.09. The zero-order valence-electron chi connectivity index (χ0n) is 10.0. The average molecular weight is 268 g/mol. The van der Waals surface area contributed by atoms with Gasteiger partial charge >= 0.3 is 0 Å². The molecular weight excluding hydrogens is 257 g/mol. The van der Waals surface area contributed by atoms with Crippen LogP contribution in [0.15, 0.2) is 24.5 Å². The SMILES string of the molecule is CCNc1cc(Nc2cc(F)cc(F)c2F)ncn1. The summed E-state index contributed by atoms with van der Waals surface area (Å²) < 4.78 is 39.5. The van der Waals surface area contributed by atoms with E-state index >= 15 is 0 Å². The number of nitrogens with one attached hydrogen (secondary N) is 2. The molecule has 0 fully saturated rings. The van der Waals surface area contributed by atoms with Crippen LogP contribution in [0.5, 0.6) is 0 Å². The smallest absolute Gasteiger partial charge is 0.182 e. The van der Waals surface area contributed by atoms with Crippen molar-refractivity contribution in [3.05, 3.63) is 42.0 Å². The number of aromatic nitrogens is 2. The van der Waals surface area contributed by atoms with Gasteiger partial charge in [-0.25, -0.2) is 23.1 Å². The summed E-state index contributed by atoms with van der Waals surface area (Å²) in [5, 5.41) is 5.44. The highest BCUT2D eigenvalue weighted by molar-refractivity contribution is 5.59. The first-order chi connectivity index (χ1) is 9.10. The number of nitrogens with zero attached hydrogens (tertiary/aromatic N) is 2. The van der Waals surface area contributed by atoms with Crippen LogP contribution in [0, 0.1) is 17.5 Å². The Morgan fingerprint density at radius 1 is 1.05 bits per heavy atom. The minimum absolute atomic E-state index is 0.231. The molecule has 0 saturated heterocycles. The number of hydrogen-bond acceptors (Lipinski definition) is 4. The van der Waals surface area contributed by atoms with Crippen molar-refractivity contribution in [2.75, 3.05) is 17.2 Å². The molecule has 0 aliphatic heterocycles. The molecule has 100 valence electrons. The van der Waals surface area contributed by atoms with Crippen molar-refractivity contribution in [2.45, 2.75) is 6.92 Å². The predicted molar refractivity (Wildman–Crippen MR) is 65.8 cm³/mol. The Kier molecular flexibility index (Phi) is 3.84. The van der Waals surface area contributed by atoms with Crippen LogP contribution in [-0.2, 0) is 0 Å². The fourth-order valence-electron chi connectivity index (χ4n) is 1.49. The third kappa shape index (κ3) is 3.12. The van der Waals surface area contributed by atoms with Crippen molar-refractivity contribution in [1.29, 1.82) is 0 Å². The van der Waals surface area contributed by atoms with E-state index in [2.05, 4.69) is 20.6 Å². The molecule has 1 aromatic carbocycles. The van der Waals surface area contributed by atoms with Crippen LogP contribution in [0.25, 0.3) is 0 Å². The lowest BCUT2D eigenvalue weighted by Crippen LogP contribution is -2.03. The van der Waals surface area contributed by atoms with E-state index in [9.17, 15) is 13.2 Å². The fraction of sp³-hybridized carbons (Fsp3) is 0.167. The van der Waals surface area contributed by atoms with Crippen molar-refractivity contribution < 1.29 is 13.2 Å². The highest BCUT2D eigenvalue weighted by Gasteiger charge is 2.11. The third-order valence-electron chi connectivity index (χ3n) is 2.28. The van der Waals surface area contributed by atoms with Gasteiger partial charge in [0.15, 0.2) is 11.6 Å². The Hall–Kier alpha value is -2.31. The Morgan fingerprint density at radius 2 is 1.79 bits per heavy atom. The van der Waals surface area contributed by atoms with Crippen LogP contribution in [0.3, 0.4) is 0 Å². The highest BCUT2D eigenvalue weighted by atomic mass is 19.2. The van der Waals surface area contributed by atoms with Crippen LogP contribution < -0.4 is 10.6 Å². The molecule has 1 heterocycles. The van der Waals surface area contributed by atoms with Gasteiger partial charge in [-0.15, -0.1) is 0 Å². The first kappa shape index (κ1) is 13.1. The molecule has 2 rings (SSSR count). The number of anilines is 3. The minimum Gasteiger partial charge on any atom is -0.370 e. The van der Waals surface area contributed by atoms with E-state index in [1.165, 1.54) is 12.4 Å². The molecule has 1 aromatic heterocycles. The lowest BCUT2D eigenvalue weighted by atomic mass is 10.3.